The highest BCUT2D eigenvalue weighted by atomic mass is 16.2. The van der Waals surface area contributed by atoms with Gasteiger partial charge in [-0.1, -0.05) is 6.07 Å². The van der Waals surface area contributed by atoms with Crippen molar-refractivity contribution in [1.82, 2.24) is 5.43 Å². The first kappa shape index (κ1) is 9.98. The van der Waals surface area contributed by atoms with E-state index in [0.29, 0.717) is 5.56 Å². The van der Waals surface area contributed by atoms with Crippen LogP contribution in [-0.2, 0) is 0 Å². The molecule has 0 aromatic heterocycles. The summed E-state index contributed by atoms with van der Waals surface area (Å²) in [6.07, 6.45) is 2.46. The van der Waals surface area contributed by atoms with Gasteiger partial charge in [0.05, 0.1) is 0 Å². The lowest BCUT2D eigenvalue weighted by atomic mass is 10.2. The lowest BCUT2D eigenvalue weighted by Gasteiger charge is -2.17. The van der Waals surface area contributed by atoms with Crippen LogP contribution in [0.3, 0.4) is 0 Å². The van der Waals surface area contributed by atoms with Crippen molar-refractivity contribution in [2.24, 2.45) is 5.84 Å². The highest BCUT2D eigenvalue weighted by Gasteiger charge is 2.13. The molecule has 0 unspecified atom stereocenters. The van der Waals surface area contributed by atoms with Crippen LogP contribution in [-0.4, -0.2) is 19.0 Å². The second-order valence-electron chi connectivity index (χ2n) is 3.72. The van der Waals surface area contributed by atoms with E-state index in [1.165, 1.54) is 12.8 Å². The van der Waals surface area contributed by atoms with Crippen LogP contribution in [0.1, 0.15) is 23.2 Å². The molecular weight excluding hydrogens is 190 g/mol. The van der Waals surface area contributed by atoms with Gasteiger partial charge in [0, 0.05) is 24.3 Å². The molecule has 0 bridgehead atoms. The zero-order valence-corrected chi connectivity index (χ0v) is 8.57. The van der Waals surface area contributed by atoms with E-state index in [0.717, 1.165) is 18.8 Å². The van der Waals surface area contributed by atoms with Crippen LogP contribution in [0.15, 0.2) is 24.3 Å². The maximum absolute atomic E-state index is 11.3. The van der Waals surface area contributed by atoms with E-state index in [2.05, 4.69) is 10.3 Å². The van der Waals surface area contributed by atoms with Crippen molar-refractivity contribution >= 4 is 11.6 Å². The number of carbonyl (C=O) groups excluding carboxylic acids is 1. The maximum Gasteiger partial charge on any atom is 0.265 e. The molecule has 0 aliphatic carbocycles. The minimum Gasteiger partial charge on any atom is -0.372 e. The number of nitrogens with one attached hydrogen (secondary N) is 1. The van der Waals surface area contributed by atoms with E-state index in [1.54, 1.807) is 6.07 Å². The van der Waals surface area contributed by atoms with E-state index < -0.39 is 0 Å². The molecule has 15 heavy (non-hydrogen) atoms. The Hall–Kier alpha value is -1.55. The number of rotatable bonds is 2. The zero-order valence-electron chi connectivity index (χ0n) is 8.57. The molecule has 4 nitrogen and oxygen atoms in total. The zero-order chi connectivity index (χ0) is 10.7. The number of nitrogens with zero attached hydrogens (tertiary/aromatic N) is 1. The molecule has 1 aromatic rings. The van der Waals surface area contributed by atoms with Gasteiger partial charge in [0.1, 0.15) is 0 Å². The molecule has 3 N–H and O–H groups in total. The highest BCUT2D eigenvalue weighted by Crippen LogP contribution is 2.20. The van der Waals surface area contributed by atoms with Crippen LogP contribution in [0.4, 0.5) is 5.69 Å². The average Bonchev–Trinajstić information content (AvgIpc) is 2.82. The Bertz CT molecular complexity index is 359. The van der Waals surface area contributed by atoms with Crippen molar-refractivity contribution in [2.45, 2.75) is 12.8 Å². The second-order valence-corrected chi connectivity index (χ2v) is 3.72. The Balaban J connectivity index is 2.21. The molecule has 1 amide bonds. The first-order chi connectivity index (χ1) is 7.31. The number of hydrogen-bond donors (Lipinski definition) is 2. The quantitative estimate of drug-likeness (QED) is 0.428. The summed E-state index contributed by atoms with van der Waals surface area (Å²) in [7, 11) is 0. The Morgan fingerprint density at radius 2 is 2.07 bits per heavy atom. The predicted molar refractivity (Wildman–Crippen MR) is 59.5 cm³/mol. The molecule has 1 fully saturated rings. The molecule has 2 rings (SSSR count). The van der Waals surface area contributed by atoms with E-state index in [-0.39, 0.29) is 5.91 Å². The molecule has 0 spiro atoms. The highest BCUT2D eigenvalue weighted by molar-refractivity contribution is 5.94. The third-order valence-electron chi connectivity index (χ3n) is 2.71. The van der Waals surface area contributed by atoms with E-state index in [9.17, 15) is 4.79 Å². The molecule has 1 aliphatic heterocycles. The van der Waals surface area contributed by atoms with Crippen molar-refractivity contribution in [1.29, 1.82) is 0 Å². The van der Waals surface area contributed by atoms with Gasteiger partial charge in [-0.05, 0) is 31.0 Å². The number of hydrogen-bond acceptors (Lipinski definition) is 3. The first-order valence-electron chi connectivity index (χ1n) is 5.17. The SMILES string of the molecule is NNC(=O)c1cccc(N2CCCC2)c1. The number of benzene rings is 1. The van der Waals surface area contributed by atoms with Crippen LogP contribution < -0.4 is 16.2 Å². The predicted octanol–water partition coefficient (Wildman–Crippen LogP) is 0.890. The third kappa shape index (κ3) is 2.10. The normalized spacial score (nSPS) is 15.4. The van der Waals surface area contributed by atoms with Gasteiger partial charge in [-0.2, -0.15) is 0 Å². The van der Waals surface area contributed by atoms with Crippen LogP contribution in [0.5, 0.6) is 0 Å². The van der Waals surface area contributed by atoms with Gasteiger partial charge in [-0.25, -0.2) is 5.84 Å². The van der Waals surface area contributed by atoms with Crippen LogP contribution in [0, 0.1) is 0 Å². The Morgan fingerprint density at radius 3 is 2.73 bits per heavy atom. The number of anilines is 1. The Kier molecular flexibility index (Phi) is 2.87. The minimum atomic E-state index is -0.240. The molecule has 0 atom stereocenters. The van der Waals surface area contributed by atoms with E-state index in [1.807, 2.05) is 18.2 Å². The number of amides is 1. The van der Waals surface area contributed by atoms with E-state index >= 15 is 0 Å². The average molecular weight is 205 g/mol. The van der Waals surface area contributed by atoms with Gasteiger partial charge in [0.25, 0.3) is 5.91 Å². The summed E-state index contributed by atoms with van der Waals surface area (Å²) < 4.78 is 0. The number of nitrogen functional groups attached to an aromatic ring is 1. The molecule has 4 heteroatoms. The molecule has 0 radical (unpaired) electrons. The fourth-order valence-corrected chi connectivity index (χ4v) is 1.90. The summed E-state index contributed by atoms with van der Waals surface area (Å²) in [6.45, 7) is 2.15. The largest absolute Gasteiger partial charge is 0.372 e. The monoisotopic (exact) mass is 205 g/mol. The molecule has 0 saturated carbocycles. The lowest BCUT2D eigenvalue weighted by Crippen LogP contribution is -2.30. The van der Waals surface area contributed by atoms with Gasteiger partial charge in [-0.3, -0.25) is 10.2 Å². The second kappa shape index (κ2) is 4.31. The first-order valence-corrected chi connectivity index (χ1v) is 5.17. The summed E-state index contributed by atoms with van der Waals surface area (Å²) in [5.41, 5.74) is 3.86. The fraction of sp³-hybridized carbons (Fsp3) is 0.364. The molecular formula is C11H15N3O. The maximum atomic E-state index is 11.3. The minimum absolute atomic E-state index is 0.240. The molecule has 1 aliphatic rings. The van der Waals surface area contributed by atoms with Gasteiger partial charge >= 0.3 is 0 Å². The number of carbonyl (C=O) groups is 1. The van der Waals surface area contributed by atoms with Gasteiger partial charge < -0.3 is 4.90 Å². The summed E-state index contributed by atoms with van der Waals surface area (Å²) >= 11 is 0. The molecule has 1 aromatic carbocycles. The van der Waals surface area contributed by atoms with E-state index in [4.69, 9.17) is 5.84 Å². The number of nitrogens with two attached hydrogens (primary N) is 1. The fourth-order valence-electron chi connectivity index (χ4n) is 1.90. The Morgan fingerprint density at radius 1 is 1.33 bits per heavy atom. The summed E-state index contributed by atoms with van der Waals surface area (Å²) in [4.78, 5) is 13.6. The summed E-state index contributed by atoms with van der Waals surface area (Å²) in [5.74, 6) is 4.85. The van der Waals surface area contributed by atoms with Crippen molar-refractivity contribution in [3.05, 3.63) is 29.8 Å². The van der Waals surface area contributed by atoms with Gasteiger partial charge in [0.15, 0.2) is 0 Å². The third-order valence-corrected chi connectivity index (χ3v) is 2.71. The van der Waals surface area contributed by atoms with Crippen molar-refractivity contribution in [3.63, 3.8) is 0 Å². The summed E-state index contributed by atoms with van der Waals surface area (Å²) in [5, 5.41) is 0. The van der Waals surface area contributed by atoms with Crippen LogP contribution >= 0.6 is 0 Å². The lowest BCUT2D eigenvalue weighted by molar-refractivity contribution is 0.0953. The molecule has 1 saturated heterocycles. The van der Waals surface area contributed by atoms with Crippen molar-refractivity contribution < 1.29 is 4.79 Å². The summed E-state index contributed by atoms with van der Waals surface area (Å²) in [6, 6.07) is 7.56. The van der Waals surface area contributed by atoms with Gasteiger partial charge in [-0.15, -0.1) is 0 Å². The topological polar surface area (TPSA) is 58.4 Å². The van der Waals surface area contributed by atoms with Crippen LogP contribution in [0.25, 0.3) is 0 Å². The Labute approximate surface area is 89.0 Å². The standard InChI is InChI=1S/C11H15N3O/c12-13-11(15)9-4-3-5-10(8-9)14-6-1-2-7-14/h3-5,8H,1-2,6-7,12H2,(H,13,15). The number of hydrazine groups is 1. The van der Waals surface area contributed by atoms with Crippen LogP contribution in [0.2, 0.25) is 0 Å². The smallest absolute Gasteiger partial charge is 0.265 e. The van der Waals surface area contributed by atoms with Crippen molar-refractivity contribution in [2.75, 3.05) is 18.0 Å². The van der Waals surface area contributed by atoms with Gasteiger partial charge in [0.2, 0.25) is 0 Å². The molecule has 80 valence electrons. The molecule has 1 heterocycles. The van der Waals surface area contributed by atoms with Crippen molar-refractivity contribution in [3.8, 4) is 0 Å².